The number of nitrogens with two attached hydrogens (primary N) is 1. The van der Waals surface area contributed by atoms with Crippen LogP contribution in [0.5, 0.6) is 0 Å². The first-order valence-corrected chi connectivity index (χ1v) is 5.91. The van der Waals surface area contributed by atoms with Crippen LogP contribution in [-0.2, 0) is 4.74 Å². The number of carbonyl (C=O) groups is 1. The summed E-state index contributed by atoms with van der Waals surface area (Å²) < 4.78 is 5.34. The summed E-state index contributed by atoms with van der Waals surface area (Å²) in [6.45, 7) is 1.57. The Hall–Kier alpha value is -1.55. The van der Waals surface area contributed by atoms with Crippen LogP contribution in [0.3, 0.4) is 0 Å². The van der Waals surface area contributed by atoms with E-state index in [2.05, 4.69) is 5.32 Å². The van der Waals surface area contributed by atoms with Gasteiger partial charge in [-0.15, -0.1) is 0 Å². The van der Waals surface area contributed by atoms with Crippen molar-refractivity contribution in [2.75, 3.05) is 26.0 Å². The lowest BCUT2D eigenvalue weighted by molar-refractivity contribution is 0.0853. The second-order valence-corrected chi connectivity index (χ2v) is 4.35. The molecule has 1 saturated heterocycles. The van der Waals surface area contributed by atoms with Gasteiger partial charge in [0.05, 0.1) is 0 Å². The van der Waals surface area contributed by atoms with Crippen LogP contribution >= 0.6 is 0 Å². The lowest BCUT2D eigenvalue weighted by Crippen LogP contribution is -2.19. The molecule has 4 nitrogen and oxygen atoms in total. The zero-order chi connectivity index (χ0) is 12.3. The van der Waals surface area contributed by atoms with Gasteiger partial charge in [-0.1, -0.05) is 0 Å². The molecule has 1 heterocycles. The van der Waals surface area contributed by atoms with Crippen LogP contribution in [0, 0.1) is 0 Å². The highest BCUT2D eigenvalue weighted by atomic mass is 16.5. The van der Waals surface area contributed by atoms with Gasteiger partial charge in [0.1, 0.15) is 0 Å². The van der Waals surface area contributed by atoms with Gasteiger partial charge in [0.25, 0.3) is 5.91 Å². The Bertz CT molecular complexity index is 412. The molecule has 17 heavy (non-hydrogen) atoms. The quantitative estimate of drug-likeness (QED) is 0.763. The van der Waals surface area contributed by atoms with Gasteiger partial charge in [-0.2, -0.15) is 0 Å². The molecule has 0 bridgehead atoms. The molecule has 1 aromatic carbocycles. The molecule has 1 amide bonds. The van der Waals surface area contributed by atoms with Crippen LogP contribution in [0.1, 0.15) is 34.7 Å². The summed E-state index contributed by atoms with van der Waals surface area (Å²) in [5.74, 6) is 0.362. The second kappa shape index (κ2) is 5.19. The number of hydrogen-bond donors (Lipinski definition) is 2. The average molecular weight is 234 g/mol. The van der Waals surface area contributed by atoms with Crippen LogP contribution in [0.25, 0.3) is 0 Å². The summed E-state index contributed by atoms with van der Waals surface area (Å²) in [5, 5.41) is 2.62. The zero-order valence-corrected chi connectivity index (χ0v) is 10.0. The molecule has 92 valence electrons. The molecule has 0 saturated carbocycles. The van der Waals surface area contributed by atoms with Crippen LogP contribution in [0.4, 0.5) is 5.69 Å². The van der Waals surface area contributed by atoms with Gasteiger partial charge in [-0.05, 0) is 42.5 Å². The Labute approximate surface area is 101 Å². The number of nitrogens with one attached hydrogen (secondary N) is 1. The van der Waals surface area contributed by atoms with E-state index >= 15 is 0 Å². The van der Waals surface area contributed by atoms with E-state index in [1.807, 2.05) is 12.1 Å². The number of anilines is 1. The highest BCUT2D eigenvalue weighted by Crippen LogP contribution is 2.29. The number of amides is 1. The largest absolute Gasteiger partial charge is 0.399 e. The highest BCUT2D eigenvalue weighted by molar-refractivity contribution is 5.95. The minimum Gasteiger partial charge on any atom is -0.399 e. The third-order valence-electron chi connectivity index (χ3n) is 3.16. The number of benzene rings is 1. The van der Waals surface area contributed by atoms with Crippen molar-refractivity contribution in [3.63, 3.8) is 0 Å². The van der Waals surface area contributed by atoms with Gasteiger partial charge in [0, 0.05) is 31.5 Å². The minimum atomic E-state index is -0.0920. The normalized spacial score (nSPS) is 16.8. The number of ether oxygens (including phenoxy) is 1. The fraction of sp³-hybridized carbons (Fsp3) is 0.462. The maximum absolute atomic E-state index is 11.6. The van der Waals surface area contributed by atoms with E-state index in [-0.39, 0.29) is 5.91 Å². The Morgan fingerprint density at radius 2 is 2.06 bits per heavy atom. The molecular weight excluding hydrogens is 216 g/mol. The fourth-order valence-corrected chi connectivity index (χ4v) is 2.22. The molecule has 0 aromatic heterocycles. The molecule has 1 aromatic rings. The molecule has 0 unspecified atom stereocenters. The maximum Gasteiger partial charge on any atom is 0.251 e. The van der Waals surface area contributed by atoms with Crippen molar-refractivity contribution in [1.29, 1.82) is 0 Å². The van der Waals surface area contributed by atoms with E-state index in [1.165, 1.54) is 0 Å². The number of hydrogen-bond acceptors (Lipinski definition) is 3. The van der Waals surface area contributed by atoms with Crippen LogP contribution in [0.2, 0.25) is 0 Å². The predicted octanol–water partition coefficient (Wildman–Crippen LogP) is 1.52. The monoisotopic (exact) mass is 234 g/mol. The third-order valence-corrected chi connectivity index (χ3v) is 3.16. The van der Waals surface area contributed by atoms with Gasteiger partial charge < -0.3 is 15.8 Å². The lowest BCUT2D eigenvalue weighted by Gasteiger charge is -2.23. The summed E-state index contributed by atoms with van der Waals surface area (Å²) in [7, 11) is 1.62. The lowest BCUT2D eigenvalue weighted by atomic mass is 9.90. The Morgan fingerprint density at radius 3 is 2.71 bits per heavy atom. The first-order chi connectivity index (χ1) is 8.20. The van der Waals surface area contributed by atoms with Crippen molar-refractivity contribution in [2.24, 2.45) is 0 Å². The minimum absolute atomic E-state index is 0.0920. The number of rotatable bonds is 2. The van der Waals surface area contributed by atoms with Crippen LogP contribution in [0.15, 0.2) is 18.2 Å². The zero-order valence-electron chi connectivity index (χ0n) is 10.0. The summed E-state index contributed by atoms with van der Waals surface area (Å²) in [6, 6.07) is 5.61. The van der Waals surface area contributed by atoms with E-state index in [4.69, 9.17) is 10.5 Å². The maximum atomic E-state index is 11.6. The summed E-state index contributed by atoms with van der Waals surface area (Å²) in [6.07, 6.45) is 1.99. The molecule has 2 rings (SSSR count). The molecule has 0 atom stereocenters. The number of carbonyl (C=O) groups excluding carboxylic acids is 1. The summed E-state index contributed by atoms with van der Waals surface area (Å²) >= 11 is 0. The van der Waals surface area contributed by atoms with Gasteiger partial charge in [-0.25, -0.2) is 0 Å². The standard InChI is InChI=1S/C13H18N2O2/c1-15-13(16)11-6-10(7-12(14)8-11)9-2-4-17-5-3-9/h6-9H,2-5,14H2,1H3,(H,15,16). The molecule has 1 aliphatic rings. The van der Waals surface area contributed by atoms with E-state index in [1.54, 1.807) is 13.1 Å². The first-order valence-electron chi connectivity index (χ1n) is 5.91. The topological polar surface area (TPSA) is 64.4 Å². The molecule has 1 aliphatic heterocycles. The molecule has 0 aliphatic carbocycles. The Kier molecular flexibility index (Phi) is 3.64. The van der Waals surface area contributed by atoms with E-state index in [0.717, 1.165) is 31.6 Å². The molecule has 3 N–H and O–H groups in total. The molecular formula is C13H18N2O2. The second-order valence-electron chi connectivity index (χ2n) is 4.35. The predicted molar refractivity (Wildman–Crippen MR) is 67.0 cm³/mol. The smallest absolute Gasteiger partial charge is 0.251 e. The van der Waals surface area contributed by atoms with E-state index < -0.39 is 0 Å². The van der Waals surface area contributed by atoms with Crippen molar-refractivity contribution in [2.45, 2.75) is 18.8 Å². The van der Waals surface area contributed by atoms with Gasteiger partial charge >= 0.3 is 0 Å². The molecule has 1 fully saturated rings. The van der Waals surface area contributed by atoms with Crippen molar-refractivity contribution >= 4 is 11.6 Å². The van der Waals surface area contributed by atoms with Gasteiger partial charge in [0.2, 0.25) is 0 Å². The molecule has 4 heteroatoms. The van der Waals surface area contributed by atoms with Crippen molar-refractivity contribution < 1.29 is 9.53 Å². The number of nitrogen functional groups attached to an aromatic ring is 1. The third kappa shape index (κ3) is 2.77. The van der Waals surface area contributed by atoms with Crippen LogP contribution in [-0.4, -0.2) is 26.2 Å². The average Bonchev–Trinajstić information content (AvgIpc) is 2.38. The van der Waals surface area contributed by atoms with E-state index in [9.17, 15) is 4.79 Å². The van der Waals surface area contributed by atoms with Crippen molar-refractivity contribution in [3.8, 4) is 0 Å². The van der Waals surface area contributed by atoms with Crippen molar-refractivity contribution in [1.82, 2.24) is 5.32 Å². The molecule has 0 spiro atoms. The summed E-state index contributed by atoms with van der Waals surface area (Å²) in [5.41, 5.74) is 8.27. The highest BCUT2D eigenvalue weighted by Gasteiger charge is 2.17. The molecule has 0 radical (unpaired) electrons. The van der Waals surface area contributed by atoms with Crippen LogP contribution < -0.4 is 11.1 Å². The SMILES string of the molecule is CNC(=O)c1cc(N)cc(C2CCOCC2)c1. The van der Waals surface area contributed by atoms with E-state index in [0.29, 0.717) is 17.2 Å². The first kappa shape index (κ1) is 11.9. The van der Waals surface area contributed by atoms with Crippen molar-refractivity contribution in [3.05, 3.63) is 29.3 Å². The van der Waals surface area contributed by atoms with Gasteiger partial charge in [0.15, 0.2) is 0 Å². The Morgan fingerprint density at radius 1 is 1.35 bits per heavy atom. The summed E-state index contributed by atoms with van der Waals surface area (Å²) in [4.78, 5) is 11.6. The fourth-order valence-electron chi connectivity index (χ4n) is 2.22. The Balaban J connectivity index is 2.27. The van der Waals surface area contributed by atoms with Gasteiger partial charge in [-0.3, -0.25) is 4.79 Å².